The molecule has 0 radical (unpaired) electrons. The number of benzene rings is 1. The Bertz CT molecular complexity index is 493. The van der Waals surface area contributed by atoms with Crippen molar-refractivity contribution < 1.29 is 24.9 Å². The van der Waals surface area contributed by atoms with Crippen LogP contribution in [-0.4, -0.2) is 51.9 Å². The van der Waals surface area contributed by atoms with Crippen LogP contribution < -0.4 is 10.6 Å². The van der Waals surface area contributed by atoms with E-state index in [1.165, 1.54) is 6.92 Å². The molecule has 1 fully saturated rings. The summed E-state index contributed by atoms with van der Waals surface area (Å²) in [5.74, 6) is -0.160. The highest BCUT2D eigenvalue weighted by atomic mass is 16.5. The lowest BCUT2D eigenvalue weighted by Gasteiger charge is -2.39. The maximum Gasteiger partial charge on any atom is 0.221 e. The number of hydrogen-bond acceptors (Lipinski definition) is 6. The Morgan fingerprint density at radius 2 is 1.62 bits per heavy atom. The lowest BCUT2D eigenvalue weighted by molar-refractivity contribution is -0.209. The van der Waals surface area contributed by atoms with Crippen molar-refractivity contribution in [3.63, 3.8) is 0 Å². The Hall–Kier alpha value is -1.67. The third kappa shape index (κ3) is 3.70. The van der Waals surface area contributed by atoms with Crippen molar-refractivity contribution >= 4 is 17.3 Å². The predicted octanol–water partition coefficient (Wildman–Crippen LogP) is -0.116. The van der Waals surface area contributed by atoms with E-state index in [2.05, 4.69) is 10.6 Å². The summed E-state index contributed by atoms with van der Waals surface area (Å²) in [6.07, 6.45) is -5.07. The molecule has 1 aliphatic heterocycles. The van der Waals surface area contributed by atoms with Gasteiger partial charge in [0.05, 0.1) is 6.10 Å². The number of amides is 1. The minimum Gasteiger partial charge on any atom is -0.388 e. The van der Waals surface area contributed by atoms with Crippen molar-refractivity contribution in [2.45, 2.75) is 44.5 Å². The van der Waals surface area contributed by atoms with E-state index in [1.54, 1.807) is 31.2 Å². The summed E-state index contributed by atoms with van der Waals surface area (Å²) in [5, 5.41) is 34.8. The smallest absolute Gasteiger partial charge is 0.221 e. The molecule has 1 saturated heterocycles. The Balaban J connectivity index is 2.02. The van der Waals surface area contributed by atoms with Gasteiger partial charge in [-0.25, -0.2) is 0 Å². The molecule has 5 N–H and O–H groups in total. The SMILES string of the molecule is CC(=O)Nc1ccc(N[C@@H]2O[C@H](C)[C@@H](O)[C@H](O)[C@@H]2O)cc1. The number of aliphatic hydroxyl groups is 3. The van der Waals surface area contributed by atoms with Gasteiger partial charge in [0.1, 0.15) is 18.3 Å². The predicted molar refractivity (Wildman–Crippen MR) is 76.7 cm³/mol. The lowest BCUT2D eigenvalue weighted by Crippen LogP contribution is -2.58. The minimum atomic E-state index is -1.27. The molecule has 5 atom stereocenters. The molecule has 7 nitrogen and oxygen atoms in total. The van der Waals surface area contributed by atoms with Crippen molar-refractivity contribution in [2.24, 2.45) is 0 Å². The van der Waals surface area contributed by atoms with Gasteiger partial charge in [-0.2, -0.15) is 0 Å². The summed E-state index contributed by atoms with van der Waals surface area (Å²) < 4.78 is 5.44. The second kappa shape index (κ2) is 6.40. The molecule has 0 unspecified atom stereocenters. The highest BCUT2D eigenvalue weighted by Gasteiger charge is 2.41. The molecule has 1 aromatic rings. The van der Waals surface area contributed by atoms with Gasteiger partial charge in [0.2, 0.25) is 5.91 Å². The number of ether oxygens (including phenoxy) is 1. The standard InChI is InChI=1S/C14H20N2O5/c1-7-11(18)12(19)13(20)14(21-7)16-10-5-3-9(4-6-10)15-8(2)17/h3-7,11-14,16,18-20H,1-2H3,(H,15,17)/t7-,11-,12+,13+,14-/m1/s1. The maximum atomic E-state index is 10.9. The molecule has 7 heteroatoms. The van der Waals surface area contributed by atoms with Crippen molar-refractivity contribution in [1.82, 2.24) is 0 Å². The van der Waals surface area contributed by atoms with E-state index in [4.69, 9.17) is 4.74 Å². The second-order valence-electron chi connectivity index (χ2n) is 5.14. The van der Waals surface area contributed by atoms with E-state index >= 15 is 0 Å². The van der Waals surface area contributed by atoms with Gasteiger partial charge in [0.15, 0.2) is 6.23 Å². The molecule has 1 heterocycles. The van der Waals surface area contributed by atoms with Crippen LogP contribution >= 0.6 is 0 Å². The van der Waals surface area contributed by atoms with E-state index in [9.17, 15) is 20.1 Å². The van der Waals surface area contributed by atoms with E-state index in [0.717, 1.165) is 0 Å². The summed E-state index contributed by atoms with van der Waals surface area (Å²) in [7, 11) is 0. The van der Waals surface area contributed by atoms with Crippen LogP contribution in [0.3, 0.4) is 0 Å². The molecule has 116 valence electrons. The molecule has 0 saturated carbocycles. The largest absolute Gasteiger partial charge is 0.388 e. The first-order valence-electron chi connectivity index (χ1n) is 6.72. The van der Waals surface area contributed by atoms with E-state index < -0.39 is 30.6 Å². The van der Waals surface area contributed by atoms with Crippen molar-refractivity contribution in [1.29, 1.82) is 0 Å². The molecule has 0 aromatic heterocycles. The fourth-order valence-corrected chi connectivity index (χ4v) is 2.19. The highest BCUT2D eigenvalue weighted by molar-refractivity contribution is 5.88. The van der Waals surface area contributed by atoms with Crippen LogP contribution in [0.5, 0.6) is 0 Å². The first-order chi connectivity index (χ1) is 9.88. The quantitative estimate of drug-likeness (QED) is 0.532. The fraction of sp³-hybridized carbons (Fsp3) is 0.500. The summed E-state index contributed by atoms with van der Waals surface area (Å²) in [4.78, 5) is 10.9. The molecule has 1 aromatic carbocycles. The van der Waals surface area contributed by atoms with Crippen LogP contribution in [0, 0.1) is 0 Å². The molecule has 1 aliphatic rings. The summed E-state index contributed by atoms with van der Waals surface area (Å²) in [5.41, 5.74) is 1.31. The van der Waals surface area contributed by atoms with E-state index in [-0.39, 0.29) is 5.91 Å². The van der Waals surface area contributed by atoms with Gasteiger partial charge < -0.3 is 30.7 Å². The number of rotatable bonds is 3. The number of carbonyl (C=O) groups excluding carboxylic acids is 1. The monoisotopic (exact) mass is 296 g/mol. The van der Waals surface area contributed by atoms with Crippen LogP contribution in [0.4, 0.5) is 11.4 Å². The van der Waals surface area contributed by atoms with Crippen LogP contribution in [0.15, 0.2) is 24.3 Å². The molecule has 21 heavy (non-hydrogen) atoms. The van der Waals surface area contributed by atoms with Gasteiger partial charge in [-0.3, -0.25) is 4.79 Å². The Labute approximate surface area is 122 Å². The van der Waals surface area contributed by atoms with Crippen LogP contribution in [0.2, 0.25) is 0 Å². The Morgan fingerprint density at radius 1 is 1.05 bits per heavy atom. The zero-order valence-electron chi connectivity index (χ0n) is 11.9. The van der Waals surface area contributed by atoms with Crippen molar-refractivity contribution in [3.05, 3.63) is 24.3 Å². The molecular formula is C14H20N2O5. The van der Waals surface area contributed by atoms with Gasteiger partial charge >= 0.3 is 0 Å². The second-order valence-corrected chi connectivity index (χ2v) is 5.14. The van der Waals surface area contributed by atoms with Gasteiger partial charge in [-0.15, -0.1) is 0 Å². The zero-order chi connectivity index (χ0) is 15.6. The summed E-state index contributed by atoms with van der Waals surface area (Å²) >= 11 is 0. The molecular weight excluding hydrogens is 276 g/mol. The fourth-order valence-electron chi connectivity index (χ4n) is 2.19. The normalized spacial score (nSPS) is 32.5. The number of anilines is 2. The topological polar surface area (TPSA) is 111 Å². The van der Waals surface area contributed by atoms with Crippen LogP contribution in [0.25, 0.3) is 0 Å². The van der Waals surface area contributed by atoms with Gasteiger partial charge in [0, 0.05) is 18.3 Å². The molecule has 1 amide bonds. The summed E-state index contributed by atoms with van der Waals surface area (Å²) in [6, 6.07) is 6.83. The van der Waals surface area contributed by atoms with Crippen molar-refractivity contribution in [3.8, 4) is 0 Å². The molecule has 0 spiro atoms. The van der Waals surface area contributed by atoms with Gasteiger partial charge in [-0.1, -0.05) is 0 Å². The van der Waals surface area contributed by atoms with Crippen LogP contribution in [-0.2, 0) is 9.53 Å². The molecule has 0 bridgehead atoms. The average molecular weight is 296 g/mol. The number of nitrogens with one attached hydrogen (secondary N) is 2. The van der Waals surface area contributed by atoms with Gasteiger partial charge in [-0.05, 0) is 31.2 Å². The molecule has 0 aliphatic carbocycles. The number of carbonyl (C=O) groups is 1. The average Bonchev–Trinajstić information content (AvgIpc) is 2.44. The minimum absolute atomic E-state index is 0.160. The van der Waals surface area contributed by atoms with Crippen LogP contribution in [0.1, 0.15) is 13.8 Å². The molecule has 2 rings (SSSR count). The third-order valence-corrected chi connectivity index (χ3v) is 3.37. The lowest BCUT2D eigenvalue weighted by atomic mass is 9.99. The Morgan fingerprint density at radius 3 is 2.19 bits per heavy atom. The number of aliphatic hydroxyl groups excluding tert-OH is 3. The van der Waals surface area contributed by atoms with E-state index in [1.807, 2.05) is 0 Å². The van der Waals surface area contributed by atoms with Crippen molar-refractivity contribution in [2.75, 3.05) is 10.6 Å². The van der Waals surface area contributed by atoms with E-state index in [0.29, 0.717) is 11.4 Å². The first kappa shape index (κ1) is 15.7. The highest BCUT2D eigenvalue weighted by Crippen LogP contribution is 2.23. The van der Waals surface area contributed by atoms with Gasteiger partial charge in [0.25, 0.3) is 0 Å². The Kier molecular flexibility index (Phi) is 4.79. The summed E-state index contributed by atoms with van der Waals surface area (Å²) in [6.45, 7) is 3.04. The zero-order valence-corrected chi connectivity index (χ0v) is 11.9. The third-order valence-electron chi connectivity index (χ3n) is 3.37. The number of hydrogen-bond donors (Lipinski definition) is 5. The first-order valence-corrected chi connectivity index (χ1v) is 6.72. The maximum absolute atomic E-state index is 10.9.